The smallest absolute Gasteiger partial charge is 0.237 e. The van der Waals surface area contributed by atoms with Gasteiger partial charge in [0, 0.05) is 0 Å². The summed E-state index contributed by atoms with van der Waals surface area (Å²) in [4.78, 5) is 21.8. The van der Waals surface area contributed by atoms with Gasteiger partial charge >= 0.3 is 0 Å². The third-order valence-corrected chi connectivity index (χ3v) is 1.97. The van der Waals surface area contributed by atoms with E-state index in [4.69, 9.17) is 5.73 Å². The summed E-state index contributed by atoms with van der Waals surface area (Å²) in [6.45, 7) is 3.91. The van der Waals surface area contributed by atoms with Crippen molar-refractivity contribution in [2.45, 2.75) is 51.6 Å². The quantitative estimate of drug-likeness (QED) is 0.627. The molecule has 2 atom stereocenters. The number of amides is 1. The predicted molar refractivity (Wildman–Crippen MR) is 55.4 cm³/mol. The Bertz CT molecular complexity index is 183. The molecule has 3 N–H and O–H groups in total. The van der Waals surface area contributed by atoms with E-state index in [0.717, 1.165) is 12.8 Å². The summed E-state index contributed by atoms with van der Waals surface area (Å²) >= 11 is 0. The van der Waals surface area contributed by atoms with E-state index in [0.29, 0.717) is 12.8 Å². The van der Waals surface area contributed by atoms with Crippen molar-refractivity contribution in [1.29, 1.82) is 0 Å². The first-order chi connectivity index (χ1) is 6.65. The van der Waals surface area contributed by atoms with Gasteiger partial charge in [-0.15, -0.1) is 0 Å². The zero-order valence-corrected chi connectivity index (χ0v) is 8.88. The maximum absolute atomic E-state index is 11.4. The van der Waals surface area contributed by atoms with Crippen LogP contribution in [0.2, 0.25) is 0 Å². The number of hydrogen-bond acceptors (Lipinski definition) is 3. The van der Waals surface area contributed by atoms with Gasteiger partial charge in [-0.2, -0.15) is 0 Å². The topological polar surface area (TPSA) is 72.2 Å². The predicted octanol–water partition coefficient (Wildman–Crippen LogP) is 0.508. The lowest BCUT2D eigenvalue weighted by Crippen LogP contribution is -2.45. The van der Waals surface area contributed by atoms with Gasteiger partial charge in [-0.25, -0.2) is 0 Å². The molecule has 0 spiro atoms. The van der Waals surface area contributed by atoms with Gasteiger partial charge in [0.25, 0.3) is 0 Å². The van der Waals surface area contributed by atoms with Crippen molar-refractivity contribution in [2.24, 2.45) is 5.73 Å². The largest absolute Gasteiger partial charge is 0.344 e. The molecule has 0 bridgehead atoms. The highest BCUT2D eigenvalue weighted by molar-refractivity contribution is 5.84. The Hall–Kier alpha value is -0.900. The lowest BCUT2D eigenvalue weighted by molar-refractivity contribution is -0.122. The van der Waals surface area contributed by atoms with Crippen LogP contribution in [0, 0.1) is 0 Å². The molecule has 0 fully saturated rings. The molecule has 14 heavy (non-hydrogen) atoms. The van der Waals surface area contributed by atoms with Crippen molar-refractivity contribution >= 4 is 12.2 Å². The fourth-order valence-corrected chi connectivity index (χ4v) is 1.17. The second-order valence-electron chi connectivity index (χ2n) is 3.36. The minimum absolute atomic E-state index is 0.256. The summed E-state index contributed by atoms with van der Waals surface area (Å²) in [6.07, 6.45) is 4.75. The molecule has 4 nitrogen and oxygen atoms in total. The fraction of sp³-hybridized carbons (Fsp3) is 0.800. The van der Waals surface area contributed by atoms with E-state index >= 15 is 0 Å². The van der Waals surface area contributed by atoms with E-state index in [-0.39, 0.29) is 5.91 Å². The lowest BCUT2D eigenvalue weighted by atomic mass is 10.1. The highest BCUT2D eigenvalue weighted by Crippen LogP contribution is 1.97. The fourth-order valence-electron chi connectivity index (χ4n) is 1.17. The van der Waals surface area contributed by atoms with E-state index in [1.54, 1.807) is 6.29 Å². The van der Waals surface area contributed by atoms with E-state index in [9.17, 15) is 9.59 Å². The molecular weight excluding hydrogens is 180 g/mol. The normalized spacial score (nSPS) is 14.5. The third-order valence-electron chi connectivity index (χ3n) is 1.97. The number of nitrogens with two attached hydrogens (primary N) is 1. The van der Waals surface area contributed by atoms with Gasteiger partial charge in [0.2, 0.25) is 12.2 Å². The Morgan fingerprint density at radius 1 is 1.36 bits per heavy atom. The standard InChI is InChI=1S/C10H19N2O2/c1-3-5-8(7-13)12-10(14)9(11)6-4-2/h8-9H,3-6,11H2,1-2H3,(H,12,14)/t8-,9-/m0/s1. The van der Waals surface area contributed by atoms with Crippen molar-refractivity contribution in [3.63, 3.8) is 0 Å². The molecule has 0 rings (SSSR count). The molecule has 1 radical (unpaired) electrons. The summed E-state index contributed by atoms with van der Waals surface area (Å²) in [5, 5.41) is 2.56. The molecule has 4 heteroatoms. The number of carbonyl (C=O) groups excluding carboxylic acids is 2. The maximum Gasteiger partial charge on any atom is 0.237 e. The Morgan fingerprint density at radius 3 is 2.36 bits per heavy atom. The molecule has 1 amide bonds. The maximum atomic E-state index is 11.4. The first kappa shape index (κ1) is 13.1. The van der Waals surface area contributed by atoms with Crippen LogP contribution in [-0.4, -0.2) is 24.3 Å². The SMILES string of the molecule is CCC[C@@H]([C]=O)NC(=O)[C@@H](N)CCC. The van der Waals surface area contributed by atoms with Crippen molar-refractivity contribution < 1.29 is 9.59 Å². The van der Waals surface area contributed by atoms with Crippen LogP contribution in [0.25, 0.3) is 0 Å². The molecule has 0 aliphatic carbocycles. The molecule has 0 heterocycles. The van der Waals surface area contributed by atoms with E-state index in [1.165, 1.54) is 0 Å². The highest BCUT2D eigenvalue weighted by atomic mass is 16.2. The van der Waals surface area contributed by atoms with Gasteiger partial charge in [-0.1, -0.05) is 26.7 Å². The van der Waals surface area contributed by atoms with Gasteiger partial charge in [-0.3, -0.25) is 9.59 Å². The molecular formula is C10H19N2O2. The second-order valence-corrected chi connectivity index (χ2v) is 3.36. The first-order valence-electron chi connectivity index (χ1n) is 5.09. The lowest BCUT2D eigenvalue weighted by Gasteiger charge is -2.14. The molecule has 0 aliphatic rings. The second kappa shape index (κ2) is 7.50. The highest BCUT2D eigenvalue weighted by Gasteiger charge is 2.16. The van der Waals surface area contributed by atoms with Crippen molar-refractivity contribution in [3.8, 4) is 0 Å². The van der Waals surface area contributed by atoms with Crippen LogP contribution in [0.3, 0.4) is 0 Å². The minimum atomic E-state index is -0.507. The number of carbonyl (C=O) groups is 1. The van der Waals surface area contributed by atoms with Crippen LogP contribution in [0.5, 0.6) is 0 Å². The Morgan fingerprint density at radius 2 is 1.93 bits per heavy atom. The van der Waals surface area contributed by atoms with Crippen LogP contribution in [-0.2, 0) is 9.59 Å². The summed E-state index contributed by atoms with van der Waals surface area (Å²) < 4.78 is 0. The summed E-state index contributed by atoms with van der Waals surface area (Å²) in [5.74, 6) is -0.256. The average molecular weight is 199 g/mol. The van der Waals surface area contributed by atoms with Gasteiger partial charge in [0.1, 0.15) is 0 Å². The van der Waals surface area contributed by atoms with Gasteiger partial charge in [0.15, 0.2) is 0 Å². The zero-order valence-electron chi connectivity index (χ0n) is 8.88. The Labute approximate surface area is 85.2 Å². The first-order valence-corrected chi connectivity index (χ1v) is 5.09. The molecule has 0 saturated heterocycles. The van der Waals surface area contributed by atoms with Gasteiger partial charge in [0.05, 0.1) is 12.1 Å². The van der Waals surface area contributed by atoms with E-state index in [2.05, 4.69) is 5.32 Å². The molecule has 0 unspecified atom stereocenters. The van der Waals surface area contributed by atoms with Crippen LogP contribution >= 0.6 is 0 Å². The number of hydrogen-bond donors (Lipinski definition) is 2. The molecule has 0 aromatic heterocycles. The van der Waals surface area contributed by atoms with Crippen LogP contribution < -0.4 is 11.1 Å². The van der Waals surface area contributed by atoms with Gasteiger partial charge < -0.3 is 11.1 Å². The van der Waals surface area contributed by atoms with Crippen LogP contribution in [0.15, 0.2) is 0 Å². The molecule has 81 valence electrons. The Balaban J connectivity index is 3.94. The number of nitrogens with one attached hydrogen (secondary N) is 1. The van der Waals surface area contributed by atoms with Gasteiger partial charge in [-0.05, 0) is 12.8 Å². The molecule has 0 aromatic carbocycles. The minimum Gasteiger partial charge on any atom is -0.344 e. The monoisotopic (exact) mass is 199 g/mol. The zero-order chi connectivity index (χ0) is 11.0. The molecule has 0 saturated carbocycles. The third kappa shape index (κ3) is 4.97. The molecule has 0 aliphatic heterocycles. The molecule has 0 aromatic rings. The van der Waals surface area contributed by atoms with E-state index < -0.39 is 12.1 Å². The van der Waals surface area contributed by atoms with E-state index in [1.807, 2.05) is 13.8 Å². The van der Waals surface area contributed by atoms with Crippen molar-refractivity contribution in [2.75, 3.05) is 0 Å². The van der Waals surface area contributed by atoms with Crippen molar-refractivity contribution in [3.05, 3.63) is 0 Å². The summed E-state index contributed by atoms with van der Waals surface area (Å²) in [5.41, 5.74) is 5.59. The summed E-state index contributed by atoms with van der Waals surface area (Å²) in [6, 6.07) is -1.01. The average Bonchev–Trinajstić information content (AvgIpc) is 2.17. The van der Waals surface area contributed by atoms with Crippen LogP contribution in [0.1, 0.15) is 39.5 Å². The number of rotatable bonds is 7. The van der Waals surface area contributed by atoms with Crippen LogP contribution in [0.4, 0.5) is 0 Å². The summed E-state index contributed by atoms with van der Waals surface area (Å²) in [7, 11) is 0. The Kier molecular flexibility index (Phi) is 7.02. The van der Waals surface area contributed by atoms with Crippen molar-refractivity contribution in [1.82, 2.24) is 5.32 Å².